The molecule has 5 heteroatoms. The molecule has 2 heterocycles. The van der Waals surface area contributed by atoms with Gasteiger partial charge in [-0.25, -0.2) is 4.79 Å². The van der Waals surface area contributed by atoms with Crippen LogP contribution in [0.4, 0.5) is 4.79 Å². The number of amides is 1. The summed E-state index contributed by atoms with van der Waals surface area (Å²) in [5, 5.41) is 4.03. The molecule has 0 saturated heterocycles. The van der Waals surface area contributed by atoms with Gasteiger partial charge in [-0.2, -0.15) is 5.10 Å². The predicted octanol–water partition coefficient (Wildman–Crippen LogP) is 2.54. The second-order valence-electron chi connectivity index (χ2n) is 4.64. The molecule has 20 heavy (non-hydrogen) atoms. The van der Waals surface area contributed by atoms with Gasteiger partial charge in [0.25, 0.3) is 0 Å². The topological polar surface area (TPSA) is 47.4 Å². The van der Waals surface area contributed by atoms with Gasteiger partial charge in [0.1, 0.15) is 6.61 Å². The lowest BCUT2D eigenvalue weighted by molar-refractivity contribution is 0.106. The highest BCUT2D eigenvalue weighted by Crippen LogP contribution is 2.19. The molecule has 2 aromatic rings. The molecular formula is C15H15N3O2. The molecule has 102 valence electrons. The van der Waals surface area contributed by atoms with Crippen LogP contribution in [-0.4, -0.2) is 20.8 Å². The Kier molecular flexibility index (Phi) is 3.25. The molecule has 0 fully saturated rings. The van der Waals surface area contributed by atoms with Crippen LogP contribution < -0.4 is 0 Å². The summed E-state index contributed by atoms with van der Waals surface area (Å²) in [7, 11) is 1.82. The fraction of sp³-hybridized carbons (Fsp3) is 0.200. The number of hydrogen-bond acceptors (Lipinski definition) is 3. The van der Waals surface area contributed by atoms with E-state index in [2.05, 4.69) is 5.10 Å². The Labute approximate surface area is 117 Å². The lowest BCUT2D eigenvalue weighted by atomic mass is 10.1. The molecule has 0 saturated carbocycles. The normalized spacial score (nSPS) is 13.2. The van der Waals surface area contributed by atoms with E-state index in [1.807, 2.05) is 43.5 Å². The Morgan fingerprint density at radius 3 is 3.00 bits per heavy atom. The molecule has 1 aliphatic heterocycles. The molecule has 1 aromatic heterocycles. The minimum Gasteiger partial charge on any atom is -0.443 e. The number of carbonyl (C=O) groups excluding carboxylic acids is 1. The molecule has 1 aromatic carbocycles. The van der Waals surface area contributed by atoms with Crippen molar-refractivity contribution in [3.63, 3.8) is 0 Å². The number of ether oxygens (including phenoxy) is 1. The first-order valence-electron chi connectivity index (χ1n) is 6.40. The van der Waals surface area contributed by atoms with Crippen molar-refractivity contribution in [1.82, 2.24) is 14.7 Å². The Bertz CT molecular complexity index is 661. The number of fused-ring (bicyclic) bond motifs is 1. The predicted molar refractivity (Wildman–Crippen MR) is 74.4 cm³/mol. The van der Waals surface area contributed by atoms with Crippen molar-refractivity contribution in [2.75, 3.05) is 0 Å². The first-order chi connectivity index (χ1) is 9.74. The van der Waals surface area contributed by atoms with Crippen molar-refractivity contribution in [3.05, 3.63) is 59.5 Å². The smallest absolute Gasteiger partial charge is 0.414 e. The van der Waals surface area contributed by atoms with E-state index >= 15 is 0 Å². The SMILES string of the molecule is Cn1nccc1COC(=O)N1C=Cc2ccccc2C1. The summed E-state index contributed by atoms with van der Waals surface area (Å²) in [6, 6.07) is 9.83. The van der Waals surface area contributed by atoms with Gasteiger partial charge < -0.3 is 4.74 Å². The highest BCUT2D eigenvalue weighted by Gasteiger charge is 2.17. The second-order valence-corrected chi connectivity index (χ2v) is 4.64. The maximum absolute atomic E-state index is 12.0. The molecular weight excluding hydrogens is 254 g/mol. The van der Waals surface area contributed by atoms with Crippen LogP contribution in [0.25, 0.3) is 6.08 Å². The quantitative estimate of drug-likeness (QED) is 0.841. The van der Waals surface area contributed by atoms with E-state index in [0.717, 1.165) is 16.8 Å². The van der Waals surface area contributed by atoms with Crippen LogP contribution in [0.3, 0.4) is 0 Å². The summed E-state index contributed by atoms with van der Waals surface area (Å²) in [6.45, 7) is 0.762. The number of rotatable bonds is 2. The monoisotopic (exact) mass is 269 g/mol. The largest absolute Gasteiger partial charge is 0.443 e. The summed E-state index contributed by atoms with van der Waals surface area (Å²) in [6.07, 6.45) is 5.01. The summed E-state index contributed by atoms with van der Waals surface area (Å²) in [5.41, 5.74) is 3.12. The molecule has 0 atom stereocenters. The maximum atomic E-state index is 12.0. The number of nitrogens with zero attached hydrogens (tertiary/aromatic N) is 3. The number of benzene rings is 1. The van der Waals surface area contributed by atoms with Gasteiger partial charge in [0.15, 0.2) is 0 Å². The highest BCUT2D eigenvalue weighted by molar-refractivity contribution is 5.72. The van der Waals surface area contributed by atoms with Crippen LogP contribution in [0.1, 0.15) is 16.8 Å². The van der Waals surface area contributed by atoms with E-state index in [0.29, 0.717) is 6.54 Å². The molecule has 0 radical (unpaired) electrons. The zero-order valence-corrected chi connectivity index (χ0v) is 11.2. The zero-order valence-electron chi connectivity index (χ0n) is 11.2. The van der Waals surface area contributed by atoms with Crippen LogP contribution in [0, 0.1) is 0 Å². The van der Waals surface area contributed by atoms with Crippen molar-refractivity contribution in [1.29, 1.82) is 0 Å². The molecule has 0 unspecified atom stereocenters. The van der Waals surface area contributed by atoms with Gasteiger partial charge in [-0.15, -0.1) is 0 Å². The van der Waals surface area contributed by atoms with Crippen LogP contribution in [-0.2, 0) is 24.9 Å². The van der Waals surface area contributed by atoms with Crippen molar-refractivity contribution in [2.24, 2.45) is 7.05 Å². The van der Waals surface area contributed by atoms with Crippen molar-refractivity contribution < 1.29 is 9.53 Å². The lowest BCUT2D eigenvalue weighted by Gasteiger charge is -2.22. The molecule has 1 aliphatic rings. The number of carbonyl (C=O) groups is 1. The van der Waals surface area contributed by atoms with Crippen molar-refractivity contribution >= 4 is 12.2 Å². The Hall–Kier alpha value is -2.56. The third-order valence-corrected chi connectivity index (χ3v) is 3.33. The standard InChI is InChI=1S/C15H15N3O2/c1-17-14(6-8-16-17)11-20-15(19)18-9-7-12-4-2-3-5-13(12)10-18/h2-9H,10-11H2,1H3. The van der Waals surface area contributed by atoms with Crippen molar-refractivity contribution in [2.45, 2.75) is 13.2 Å². The highest BCUT2D eigenvalue weighted by atomic mass is 16.6. The van der Waals surface area contributed by atoms with E-state index in [9.17, 15) is 4.79 Å². The van der Waals surface area contributed by atoms with Gasteiger partial charge in [-0.05, 0) is 23.3 Å². The van der Waals surface area contributed by atoms with Gasteiger partial charge in [0.05, 0.1) is 12.2 Å². The number of hydrogen-bond donors (Lipinski definition) is 0. The third-order valence-electron chi connectivity index (χ3n) is 3.33. The van der Waals surface area contributed by atoms with E-state index < -0.39 is 0 Å². The first kappa shape index (κ1) is 12.5. The van der Waals surface area contributed by atoms with Gasteiger partial charge in [-0.1, -0.05) is 24.3 Å². The average Bonchev–Trinajstić information content (AvgIpc) is 2.89. The van der Waals surface area contributed by atoms with E-state index in [1.165, 1.54) is 0 Å². The summed E-state index contributed by atoms with van der Waals surface area (Å²) in [5.74, 6) is 0. The molecule has 0 aliphatic carbocycles. The minimum atomic E-state index is -0.350. The average molecular weight is 269 g/mol. The molecule has 0 spiro atoms. The summed E-state index contributed by atoms with van der Waals surface area (Å²) in [4.78, 5) is 13.6. The molecule has 5 nitrogen and oxygen atoms in total. The fourth-order valence-electron chi connectivity index (χ4n) is 2.13. The first-order valence-corrected chi connectivity index (χ1v) is 6.40. The molecule has 0 N–H and O–H groups in total. The van der Waals surface area contributed by atoms with Crippen LogP contribution in [0.5, 0.6) is 0 Å². The van der Waals surface area contributed by atoms with Crippen LogP contribution >= 0.6 is 0 Å². The van der Waals surface area contributed by atoms with E-state index in [1.54, 1.807) is 22.0 Å². The van der Waals surface area contributed by atoms with Gasteiger partial charge >= 0.3 is 6.09 Å². The second kappa shape index (κ2) is 5.21. The number of aromatic nitrogens is 2. The van der Waals surface area contributed by atoms with Gasteiger partial charge in [0, 0.05) is 19.4 Å². The van der Waals surface area contributed by atoms with Crippen molar-refractivity contribution in [3.8, 4) is 0 Å². The molecule has 3 rings (SSSR count). The Morgan fingerprint density at radius 2 is 2.20 bits per heavy atom. The third kappa shape index (κ3) is 2.42. The fourth-order valence-corrected chi connectivity index (χ4v) is 2.13. The summed E-state index contributed by atoms with van der Waals surface area (Å²) < 4.78 is 6.99. The molecule has 1 amide bonds. The van der Waals surface area contributed by atoms with Crippen LogP contribution in [0.2, 0.25) is 0 Å². The summed E-state index contributed by atoms with van der Waals surface area (Å²) >= 11 is 0. The van der Waals surface area contributed by atoms with Gasteiger partial charge in [-0.3, -0.25) is 9.58 Å². The van der Waals surface area contributed by atoms with Gasteiger partial charge in [0.2, 0.25) is 0 Å². The minimum absolute atomic E-state index is 0.224. The maximum Gasteiger partial charge on any atom is 0.414 e. The Balaban J connectivity index is 1.64. The lowest BCUT2D eigenvalue weighted by Crippen LogP contribution is -2.28. The van der Waals surface area contributed by atoms with E-state index in [-0.39, 0.29) is 12.7 Å². The number of aryl methyl sites for hydroxylation is 1. The zero-order chi connectivity index (χ0) is 13.9. The van der Waals surface area contributed by atoms with E-state index in [4.69, 9.17) is 4.74 Å². The Morgan fingerprint density at radius 1 is 1.35 bits per heavy atom. The molecule has 0 bridgehead atoms. The van der Waals surface area contributed by atoms with Crippen LogP contribution in [0.15, 0.2) is 42.7 Å².